The summed E-state index contributed by atoms with van der Waals surface area (Å²) < 4.78 is 6.28. The molecule has 5 amide bonds. The van der Waals surface area contributed by atoms with Gasteiger partial charge in [0.15, 0.2) is 0 Å². The van der Waals surface area contributed by atoms with Crippen molar-refractivity contribution in [3.05, 3.63) is 101 Å². The fraction of sp³-hybridized carbons (Fsp3) is 0.452. The minimum absolute atomic E-state index is 0.0131. The molecule has 0 bridgehead atoms. The molecule has 3 atom stereocenters. The summed E-state index contributed by atoms with van der Waals surface area (Å²) in [6, 6.07) is 22.2. The molecule has 3 aromatic carbocycles. The van der Waals surface area contributed by atoms with Crippen LogP contribution < -0.4 is 26.0 Å². The Labute approximate surface area is 318 Å². The molecule has 2 aliphatic heterocycles. The maximum absolute atomic E-state index is 13.9. The number of fused-ring (bicyclic) bond motifs is 1. The van der Waals surface area contributed by atoms with Gasteiger partial charge < -0.3 is 30.9 Å². The number of hydrogen-bond acceptors (Lipinski definition) is 7. The van der Waals surface area contributed by atoms with Crippen molar-refractivity contribution in [1.82, 2.24) is 31.1 Å². The van der Waals surface area contributed by atoms with Crippen LogP contribution in [0.15, 0.2) is 78.9 Å². The Morgan fingerprint density at radius 2 is 1.56 bits per heavy atom. The van der Waals surface area contributed by atoms with E-state index in [2.05, 4.69) is 38.3 Å². The summed E-state index contributed by atoms with van der Waals surface area (Å²) in [6.45, 7) is 8.39. The Morgan fingerprint density at radius 1 is 0.870 bits per heavy atom. The van der Waals surface area contributed by atoms with Gasteiger partial charge in [0.2, 0.25) is 23.6 Å². The molecule has 12 heteroatoms. The number of likely N-dealkylation sites (N-methyl/N-ethyl adjacent to an activating group) is 1. The van der Waals surface area contributed by atoms with Crippen LogP contribution in [0.25, 0.3) is 0 Å². The molecule has 1 fully saturated rings. The Bertz CT molecular complexity index is 1780. The fourth-order valence-electron chi connectivity index (χ4n) is 7.01. The average molecular weight is 739 g/mol. The second-order valence-electron chi connectivity index (χ2n) is 15.1. The maximum Gasteiger partial charge on any atom is 0.255 e. The first-order valence-electron chi connectivity index (χ1n) is 18.9. The van der Waals surface area contributed by atoms with Crippen molar-refractivity contribution in [3.8, 4) is 5.75 Å². The smallest absolute Gasteiger partial charge is 0.255 e. The SMILES string of the molecule is C[C@@H]1NC(=O)CC(C)(C)NC(=O)CC[C@@H](C(=O)NCc2cccc(CN3CCCC3)c2)NC(=O)c2ccccc2OC[C@H](Cc2ccccc2)N(C)C1=O. The number of likely N-dealkylation sites (tertiary alicyclic amines) is 1. The molecule has 0 aliphatic carbocycles. The van der Waals surface area contributed by atoms with Crippen LogP contribution in [-0.2, 0) is 38.7 Å². The Kier molecular flexibility index (Phi) is 13.8. The van der Waals surface area contributed by atoms with Gasteiger partial charge in [-0.15, -0.1) is 0 Å². The summed E-state index contributed by atoms with van der Waals surface area (Å²) >= 11 is 0. The number of rotatable bonds is 7. The molecule has 0 unspecified atom stereocenters. The molecule has 2 aliphatic rings. The molecule has 1 saturated heterocycles. The van der Waals surface area contributed by atoms with Crippen LogP contribution in [0.5, 0.6) is 5.75 Å². The van der Waals surface area contributed by atoms with Crippen molar-refractivity contribution in [1.29, 1.82) is 0 Å². The lowest BCUT2D eigenvalue weighted by Crippen LogP contribution is -2.53. The quantitative estimate of drug-likeness (QED) is 0.289. The maximum atomic E-state index is 13.9. The minimum atomic E-state index is -1.05. The van der Waals surface area contributed by atoms with E-state index in [1.165, 1.54) is 18.4 Å². The standard InChI is InChI=1S/C42H54N6O6/c1-29-41(53)47(4)33(24-30-13-6-5-7-14-30)28-54-36-18-9-8-17-34(36)39(51)45-35(19-20-37(49)46-42(2,3)25-38(50)44-29)40(52)43-26-31-15-12-16-32(23-31)27-48-21-10-11-22-48/h5-9,12-18,23,29,33,35H,10-11,19-22,24-28H2,1-4H3,(H,43,52)(H,44,50)(H,45,51)(H,46,49)/t29-,33-,35-/m0/s1. The van der Waals surface area contributed by atoms with Crippen LogP contribution >= 0.6 is 0 Å². The number of carbonyl (C=O) groups excluding carboxylic acids is 5. The number of hydrogen-bond donors (Lipinski definition) is 4. The van der Waals surface area contributed by atoms with E-state index >= 15 is 0 Å². The van der Waals surface area contributed by atoms with E-state index in [1.54, 1.807) is 57.0 Å². The highest BCUT2D eigenvalue weighted by atomic mass is 16.5. The average Bonchev–Trinajstić information content (AvgIpc) is 3.66. The van der Waals surface area contributed by atoms with Gasteiger partial charge in [-0.1, -0.05) is 66.7 Å². The normalized spacial score (nSPS) is 22.0. The topological polar surface area (TPSA) is 149 Å². The minimum Gasteiger partial charge on any atom is -0.491 e. The lowest BCUT2D eigenvalue weighted by molar-refractivity contribution is -0.137. The van der Waals surface area contributed by atoms with Crippen LogP contribution in [-0.4, -0.2) is 89.7 Å². The first kappa shape index (κ1) is 40.0. The third kappa shape index (κ3) is 11.6. The first-order chi connectivity index (χ1) is 25.9. The predicted octanol–water partition coefficient (Wildman–Crippen LogP) is 3.73. The number of amides is 5. The fourth-order valence-corrected chi connectivity index (χ4v) is 7.01. The van der Waals surface area contributed by atoms with Crippen LogP contribution in [0.2, 0.25) is 0 Å². The van der Waals surface area contributed by atoms with Gasteiger partial charge in [-0.05, 0) is 88.4 Å². The van der Waals surface area contributed by atoms with Crippen LogP contribution in [0.4, 0.5) is 0 Å². The highest BCUT2D eigenvalue weighted by Gasteiger charge is 2.31. The molecule has 3 aromatic rings. The number of nitrogens with zero attached hydrogens (tertiary/aromatic N) is 2. The summed E-state index contributed by atoms with van der Waals surface area (Å²) in [5.74, 6) is -1.78. The van der Waals surface area contributed by atoms with Crippen LogP contribution in [0.1, 0.15) is 79.9 Å². The number of carbonyl (C=O) groups is 5. The summed E-state index contributed by atoms with van der Waals surface area (Å²) in [5.41, 5.74) is 2.34. The monoisotopic (exact) mass is 738 g/mol. The molecule has 0 radical (unpaired) electrons. The third-order valence-electron chi connectivity index (χ3n) is 9.95. The zero-order valence-corrected chi connectivity index (χ0v) is 31.9. The van der Waals surface area contributed by atoms with Crippen molar-refractivity contribution in [2.24, 2.45) is 0 Å². The van der Waals surface area contributed by atoms with E-state index in [4.69, 9.17) is 4.74 Å². The summed E-state index contributed by atoms with van der Waals surface area (Å²) in [7, 11) is 1.67. The highest BCUT2D eigenvalue weighted by Crippen LogP contribution is 2.21. The number of para-hydroxylation sites is 1. The van der Waals surface area contributed by atoms with E-state index in [9.17, 15) is 24.0 Å². The lowest BCUT2D eigenvalue weighted by atomic mass is 9.99. The first-order valence-corrected chi connectivity index (χ1v) is 18.9. The Morgan fingerprint density at radius 3 is 2.31 bits per heavy atom. The van der Waals surface area contributed by atoms with Crippen molar-refractivity contribution in [2.75, 3.05) is 26.7 Å². The third-order valence-corrected chi connectivity index (χ3v) is 9.95. The van der Waals surface area contributed by atoms with E-state index < -0.39 is 41.4 Å². The van der Waals surface area contributed by atoms with Crippen molar-refractivity contribution in [3.63, 3.8) is 0 Å². The lowest BCUT2D eigenvalue weighted by Gasteiger charge is -2.31. The second kappa shape index (κ2) is 18.7. The Hall–Kier alpha value is -5.23. The summed E-state index contributed by atoms with van der Waals surface area (Å²) in [6.07, 6.45) is 2.71. The van der Waals surface area contributed by atoms with Gasteiger partial charge >= 0.3 is 0 Å². The molecular weight excluding hydrogens is 684 g/mol. The largest absolute Gasteiger partial charge is 0.491 e. The zero-order valence-electron chi connectivity index (χ0n) is 31.9. The van der Waals surface area contributed by atoms with Gasteiger partial charge in [0, 0.05) is 38.5 Å². The Balaban J connectivity index is 1.38. The highest BCUT2D eigenvalue weighted by molar-refractivity contribution is 5.99. The molecule has 54 heavy (non-hydrogen) atoms. The van der Waals surface area contributed by atoms with Crippen LogP contribution in [0, 0.1) is 0 Å². The number of nitrogens with one attached hydrogen (secondary N) is 4. The number of ether oxygens (including phenoxy) is 1. The molecule has 2 heterocycles. The van der Waals surface area contributed by atoms with Crippen molar-refractivity contribution in [2.45, 2.75) is 96.1 Å². The molecular formula is C42H54N6O6. The van der Waals surface area contributed by atoms with E-state index in [0.29, 0.717) is 6.42 Å². The number of benzene rings is 3. The predicted molar refractivity (Wildman–Crippen MR) is 206 cm³/mol. The zero-order chi connectivity index (χ0) is 38.7. The molecule has 288 valence electrons. The van der Waals surface area contributed by atoms with Crippen molar-refractivity contribution >= 4 is 29.5 Å². The second-order valence-corrected chi connectivity index (χ2v) is 15.1. The van der Waals surface area contributed by atoms with Gasteiger partial charge in [0.1, 0.15) is 24.4 Å². The van der Waals surface area contributed by atoms with Crippen molar-refractivity contribution < 1.29 is 28.7 Å². The van der Waals surface area contributed by atoms with Gasteiger partial charge in [-0.25, -0.2) is 0 Å². The molecule has 5 rings (SSSR count). The van der Waals surface area contributed by atoms with Gasteiger partial charge in [-0.2, -0.15) is 0 Å². The van der Waals surface area contributed by atoms with Gasteiger partial charge in [0.25, 0.3) is 5.91 Å². The molecule has 0 saturated carbocycles. The van der Waals surface area contributed by atoms with E-state index in [-0.39, 0.29) is 55.5 Å². The molecule has 0 spiro atoms. The van der Waals surface area contributed by atoms with Gasteiger partial charge in [-0.3, -0.25) is 28.9 Å². The van der Waals surface area contributed by atoms with E-state index in [1.807, 2.05) is 42.5 Å². The summed E-state index contributed by atoms with van der Waals surface area (Å²) in [4.78, 5) is 71.6. The van der Waals surface area contributed by atoms with E-state index in [0.717, 1.165) is 30.8 Å². The van der Waals surface area contributed by atoms with Crippen LogP contribution in [0.3, 0.4) is 0 Å². The molecule has 4 N–H and O–H groups in total. The molecule has 12 nitrogen and oxygen atoms in total. The summed E-state index contributed by atoms with van der Waals surface area (Å²) in [5, 5.41) is 11.5. The van der Waals surface area contributed by atoms with Gasteiger partial charge in [0.05, 0.1) is 11.6 Å². The molecule has 0 aromatic heterocycles.